The Morgan fingerprint density at radius 1 is 1.35 bits per heavy atom. The molecule has 23 heavy (non-hydrogen) atoms. The lowest BCUT2D eigenvalue weighted by Gasteiger charge is -2.51. The van der Waals surface area contributed by atoms with E-state index in [-0.39, 0.29) is 17.2 Å². The number of nitrogens with one attached hydrogen (secondary N) is 1. The van der Waals surface area contributed by atoms with Crippen LogP contribution in [0.1, 0.15) is 49.1 Å². The van der Waals surface area contributed by atoms with E-state index in [1.165, 1.54) is 5.56 Å². The molecule has 4 heteroatoms. The van der Waals surface area contributed by atoms with Crippen LogP contribution in [0.25, 0.3) is 0 Å². The molecule has 1 aromatic heterocycles. The zero-order valence-electron chi connectivity index (χ0n) is 13.6. The van der Waals surface area contributed by atoms with Gasteiger partial charge in [0.1, 0.15) is 0 Å². The fourth-order valence-corrected chi connectivity index (χ4v) is 4.15. The molecule has 1 aliphatic heterocycles. The summed E-state index contributed by atoms with van der Waals surface area (Å²) in [7, 11) is 0. The van der Waals surface area contributed by atoms with Crippen LogP contribution in [-0.4, -0.2) is 33.9 Å². The van der Waals surface area contributed by atoms with Crippen molar-refractivity contribution in [2.24, 2.45) is 0 Å². The molecule has 120 valence electrons. The lowest BCUT2D eigenvalue weighted by molar-refractivity contribution is -0.141. The van der Waals surface area contributed by atoms with Crippen LogP contribution < -0.4 is 0 Å². The number of hydrogen-bond donors (Lipinski definition) is 1. The molecule has 2 aromatic rings. The SMILES string of the molecule is CCC1(c2ccccc2)CN(C(=O)C2CCCc3[nH]cnc32)C1. The minimum absolute atomic E-state index is 0.0457. The highest BCUT2D eigenvalue weighted by Gasteiger charge is 2.47. The summed E-state index contributed by atoms with van der Waals surface area (Å²) in [6.07, 6.45) is 5.81. The number of aryl methyl sites for hydroxylation is 1. The number of nitrogens with zero attached hydrogens (tertiary/aromatic N) is 2. The Labute approximate surface area is 136 Å². The van der Waals surface area contributed by atoms with Gasteiger partial charge in [-0.2, -0.15) is 0 Å². The number of likely N-dealkylation sites (tertiary alicyclic amines) is 1. The average molecular weight is 309 g/mol. The van der Waals surface area contributed by atoms with Gasteiger partial charge in [0.05, 0.1) is 17.9 Å². The van der Waals surface area contributed by atoms with Crippen LogP contribution in [0.2, 0.25) is 0 Å². The van der Waals surface area contributed by atoms with E-state index in [4.69, 9.17) is 0 Å². The normalized spacial score (nSPS) is 22.3. The number of imidazole rings is 1. The van der Waals surface area contributed by atoms with Crippen molar-refractivity contribution >= 4 is 5.91 Å². The molecule has 0 saturated carbocycles. The van der Waals surface area contributed by atoms with Gasteiger partial charge in [-0.1, -0.05) is 37.3 Å². The third-order valence-corrected chi connectivity index (χ3v) is 5.66. The van der Waals surface area contributed by atoms with Crippen molar-refractivity contribution in [2.75, 3.05) is 13.1 Å². The van der Waals surface area contributed by atoms with Crippen LogP contribution in [0.4, 0.5) is 0 Å². The second kappa shape index (κ2) is 5.52. The van der Waals surface area contributed by atoms with Gasteiger partial charge in [-0.25, -0.2) is 4.98 Å². The Kier molecular flexibility index (Phi) is 3.47. The maximum Gasteiger partial charge on any atom is 0.231 e. The summed E-state index contributed by atoms with van der Waals surface area (Å²) in [5.41, 5.74) is 3.63. The van der Waals surface area contributed by atoms with Crippen LogP contribution in [0.5, 0.6) is 0 Å². The van der Waals surface area contributed by atoms with Crippen LogP contribution in [0.15, 0.2) is 36.7 Å². The summed E-state index contributed by atoms with van der Waals surface area (Å²) in [5, 5.41) is 0. The summed E-state index contributed by atoms with van der Waals surface area (Å²) < 4.78 is 0. The van der Waals surface area contributed by atoms with Gasteiger partial charge in [0.2, 0.25) is 5.91 Å². The zero-order valence-corrected chi connectivity index (χ0v) is 13.6. The van der Waals surface area contributed by atoms with E-state index in [1.807, 2.05) is 4.90 Å². The van der Waals surface area contributed by atoms with Crippen molar-refractivity contribution in [3.8, 4) is 0 Å². The number of aromatic amines is 1. The van der Waals surface area contributed by atoms with E-state index in [1.54, 1.807) is 6.33 Å². The number of carbonyl (C=O) groups excluding carboxylic acids is 1. The monoisotopic (exact) mass is 309 g/mol. The van der Waals surface area contributed by atoms with Crippen LogP contribution in [-0.2, 0) is 16.6 Å². The van der Waals surface area contributed by atoms with Crippen molar-refractivity contribution in [2.45, 2.75) is 43.9 Å². The molecule has 4 rings (SSSR count). The maximum absolute atomic E-state index is 12.9. The van der Waals surface area contributed by atoms with Crippen molar-refractivity contribution in [3.05, 3.63) is 53.6 Å². The molecule has 4 nitrogen and oxygen atoms in total. The number of fused-ring (bicyclic) bond motifs is 1. The number of carbonyl (C=O) groups is 1. The van der Waals surface area contributed by atoms with Gasteiger partial charge >= 0.3 is 0 Å². The Morgan fingerprint density at radius 2 is 2.13 bits per heavy atom. The Morgan fingerprint density at radius 3 is 2.87 bits per heavy atom. The molecule has 1 aliphatic carbocycles. The third kappa shape index (κ3) is 2.28. The van der Waals surface area contributed by atoms with Crippen LogP contribution >= 0.6 is 0 Å². The lowest BCUT2D eigenvalue weighted by atomic mass is 9.71. The second-order valence-corrected chi connectivity index (χ2v) is 6.91. The average Bonchev–Trinajstić information content (AvgIpc) is 3.04. The van der Waals surface area contributed by atoms with E-state index < -0.39 is 0 Å². The van der Waals surface area contributed by atoms with E-state index in [2.05, 4.69) is 47.2 Å². The molecule has 1 N–H and O–H groups in total. The van der Waals surface area contributed by atoms with E-state index in [0.717, 1.165) is 50.2 Å². The fraction of sp³-hybridized carbons (Fsp3) is 0.474. The molecule has 1 saturated heterocycles. The smallest absolute Gasteiger partial charge is 0.231 e. The first-order valence-corrected chi connectivity index (χ1v) is 8.60. The molecule has 1 fully saturated rings. The first-order valence-electron chi connectivity index (χ1n) is 8.60. The Balaban J connectivity index is 1.51. The molecule has 2 heterocycles. The number of hydrogen-bond acceptors (Lipinski definition) is 2. The first kappa shape index (κ1) is 14.5. The number of H-pyrrole nitrogens is 1. The van der Waals surface area contributed by atoms with Crippen molar-refractivity contribution in [1.29, 1.82) is 0 Å². The summed E-state index contributed by atoms with van der Waals surface area (Å²) in [6.45, 7) is 3.90. The van der Waals surface area contributed by atoms with Gasteiger partial charge in [0.15, 0.2) is 0 Å². The zero-order chi connectivity index (χ0) is 15.9. The minimum atomic E-state index is -0.0457. The molecule has 1 aromatic carbocycles. The number of aromatic nitrogens is 2. The number of rotatable bonds is 3. The van der Waals surface area contributed by atoms with Crippen molar-refractivity contribution < 1.29 is 4.79 Å². The van der Waals surface area contributed by atoms with Gasteiger partial charge in [0, 0.05) is 24.2 Å². The molecule has 0 bridgehead atoms. The highest BCUT2D eigenvalue weighted by molar-refractivity contribution is 5.85. The number of amides is 1. The standard InChI is InChI=1S/C19H23N3O/c1-2-19(14-7-4-3-5-8-14)11-22(12-19)18(23)15-9-6-10-16-17(15)21-13-20-16/h3-5,7-8,13,15H,2,6,9-12H2,1H3,(H,20,21). The topological polar surface area (TPSA) is 49.0 Å². The molecule has 1 atom stereocenters. The quantitative estimate of drug-likeness (QED) is 0.947. The molecular weight excluding hydrogens is 286 g/mol. The molecular formula is C19H23N3O. The van der Waals surface area contributed by atoms with Crippen molar-refractivity contribution in [1.82, 2.24) is 14.9 Å². The Bertz CT molecular complexity index is 700. The molecule has 2 aliphatic rings. The van der Waals surface area contributed by atoms with E-state index >= 15 is 0 Å². The fourth-order valence-electron chi connectivity index (χ4n) is 4.15. The van der Waals surface area contributed by atoms with Crippen LogP contribution in [0.3, 0.4) is 0 Å². The van der Waals surface area contributed by atoms with Gasteiger partial charge in [0.25, 0.3) is 0 Å². The second-order valence-electron chi connectivity index (χ2n) is 6.91. The van der Waals surface area contributed by atoms with Crippen LogP contribution in [0, 0.1) is 0 Å². The van der Waals surface area contributed by atoms with Crippen molar-refractivity contribution in [3.63, 3.8) is 0 Å². The summed E-state index contributed by atoms with van der Waals surface area (Å²) in [6, 6.07) is 10.6. The maximum atomic E-state index is 12.9. The van der Waals surface area contributed by atoms with Gasteiger partial charge in [-0.15, -0.1) is 0 Å². The predicted octanol–water partition coefficient (Wildman–Crippen LogP) is 3.02. The summed E-state index contributed by atoms with van der Waals surface area (Å²) >= 11 is 0. The van der Waals surface area contributed by atoms with Gasteiger partial charge in [-0.3, -0.25) is 4.79 Å². The largest absolute Gasteiger partial charge is 0.348 e. The first-order chi connectivity index (χ1) is 11.2. The summed E-state index contributed by atoms with van der Waals surface area (Å²) in [4.78, 5) is 22.6. The highest BCUT2D eigenvalue weighted by atomic mass is 16.2. The molecule has 0 radical (unpaired) electrons. The molecule has 1 amide bonds. The van der Waals surface area contributed by atoms with E-state index in [0.29, 0.717) is 0 Å². The van der Waals surface area contributed by atoms with E-state index in [9.17, 15) is 4.79 Å². The molecule has 0 spiro atoms. The third-order valence-electron chi connectivity index (χ3n) is 5.66. The predicted molar refractivity (Wildman–Crippen MR) is 89.3 cm³/mol. The Hall–Kier alpha value is -2.10. The molecule has 1 unspecified atom stereocenters. The summed E-state index contributed by atoms with van der Waals surface area (Å²) in [5.74, 6) is 0.216. The van der Waals surface area contributed by atoms with Gasteiger partial charge in [-0.05, 0) is 31.2 Å². The highest BCUT2D eigenvalue weighted by Crippen LogP contribution is 2.40. The lowest BCUT2D eigenvalue weighted by Crippen LogP contribution is -2.61. The number of benzene rings is 1. The van der Waals surface area contributed by atoms with Gasteiger partial charge < -0.3 is 9.88 Å². The minimum Gasteiger partial charge on any atom is -0.348 e.